The van der Waals surface area contributed by atoms with Gasteiger partial charge in [0, 0.05) is 25.0 Å². The van der Waals surface area contributed by atoms with Gasteiger partial charge in [0.1, 0.15) is 0 Å². The average Bonchev–Trinajstić information content (AvgIpc) is 2.18. The largest absolute Gasteiger partial charge is 0.388 e. The van der Waals surface area contributed by atoms with Crippen molar-refractivity contribution in [2.45, 2.75) is 58.5 Å². The Kier molecular flexibility index (Phi) is 4.58. The molecule has 1 fully saturated rings. The van der Waals surface area contributed by atoms with Crippen molar-refractivity contribution in [2.24, 2.45) is 11.7 Å². The second-order valence-corrected chi connectivity index (χ2v) is 5.02. The van der Waals surface area contributed by atoms with E-state index in [1.54, 1.807) is 0 Å². The molecule has 0 bridgehead atoms. The molecule has 3 heteroatoms. The number of hydrogen-bond donors (Lipinski definition) is 2. The summed E-state index contributed by atoms with van der Waals surface area (Å²) in [7, 11) is 0. The molecule has 1 rings (SSSR count). The number of amidine groups is 1. The zero-order valence-corrected chi connectivity index (χ0v) is 10.3. The normalized spacial score (nSPS) is 30.1. The molecule has 88 valence electrons. The minimum absolute atomic E-state index is 0.326. The highest BCUT2D eigenvalue weighted by molar-refractivity contribution is 5.77. The lowest BCUT2D eigenvalue weighted by molar-refractivity contribution is 0.0774. The van der Waals surface area contributed by atoms with Crippen LogP contribution in [-0.4, -0.2) is 29.4 Å². The Hall–Kier alpha value is -0.570. The molecule has 0 saturated carbocycles. The molecule has 0 radical (unpaired) electrons. The summed E-state index contributed by atoms with van der Waals surface area (Å²) in [5, 5.41) is 7.41. The third-order valence-electron chi connectivity index (χ3n) is 3.56. The van der Waals surface area contributed by atoms with Gasteiger partial charge in [-0.05, 0) is 32.1 Å². The van der Waals surface area contributed by atoms with Crippen LogP contribution < -0.4 is 5.73 Å². The third kappa shape index (κ3) is 3.49. The Labute approximate surface area is 93.5 Å². The van der Waals surface area contributed by atoms with Crippen molar-refractivity contribution >= 4 is 5.84 Å². The Morgan fingerprint density at radius 1 is 1.47 bits per heavy atom. The van der Waals surface area contributed by atoms with Crippen LogP contribution in [0.4, 0.5) is 0 Å². The highest BCUT2D eigenvalue weighted by atomic mass is 15.2. The van der Waals surface area contributed by atoms with E-state index in [9.17, 15) is 0 Å². The van der Waals surface area contributed by atoms with Gasteiger partial charge in [0.15, 0.2) is 0 Å². The molecule has 0 aliphatic carbocycles. The highest BCUT2D eigenvalue weighted by Gasteiger charge is 2.28. The van der Waals surface area contributed by atoms with Crippen molar-refractivity contribution in [3.8, 4) is 0 Å². The predicted octanol–water partition coefficient (Wildman–Crippen LogP) is 2.21. The van der Waals surface area contributed by atoms with Crippen LogP contribution in [0.2, 0.25) is 0 Å². The molecule has 0 amide bonds. The van der Waals surface area contributed by atoms with E-state index in [1.165, 1.54) is 19.4 Å². The van der Waals surface area contributed by atoms with E-state index in [0.29, 0.717) is 17.9 Å². The third-order valence-corrected chi connectivity index (χ3v) is 3.56. The van der Waals surface area contributed by atoms with E-state index in [1.807, 2.05) is 0 Å². The molecular weight excluding hydrogens is 186 g/mol. The Morgan fingerprint density at radius 3 is 2.67 bits per heavy atom. The minimum Gasteiger partial charge on any atom is -0.388 e. The van der Waals surface area contributed by atoms with Crippen LogP contribution in [0.3, 0.4) is 0 Å². The van der Waals surface area contributed by atoms with E-state index in [-0.39, 0.29) is 0 Å². The molecule has 0 aromatic heterocycles. The molecule has 1 heterocycles. The first kappa shape index (κ1) is 12.5. The van der Waals surface area contributed by atoms with Crippen LogP contribution in [0.15, 0.2) is 0 Å². The second-order valence-electron chi connectivity index (χ2n) is 5.02. The SMILES string of the molecule is CCC(CC(=N)N)N1CC(C)CCC1C. The molecular formula is C12H25N3. The lowest BCUT2D eigenvalue weighted by atomic mass is 9.92. The second kappa shape index (κ2) is 5.50. The summed E-state index contributed by atoms with van der Waals surface area (Å²) in [4.78, 5) is 2.55. The van der Waals surface area contributed by atoms with Crippen LogP contribution in [0, 0.1) is 11.3 Å². The summed E-state index contributed by atoms with van der Waals surface area (Å²) in [5.74, 6) is 1.12. The first-order valence-corrected chi connectivity index (χ1v) is 6.13. The number of nitrogens with two attached hydrogens (primary N) is 1. The summed E-state index contributed by atoms with van der Waals surface area (Å²) in [6.45, 7) is 7.99. The molecule has 0 aromatic carbocycles. The van der Waals surface area contributed by atoms with Gasteiger partial charge in [0.2, 0.25) is 0 Å². The van der Waals surface area contributed by atoms with Gasteiger partial charge in [0.05, 0.1) is 5.84 Å². The lowest BCUT2D eigenvalue weighted by Crippen LogP contribution is -2.48. The molecule has 3 atom stereocenters. The van der Waals surface area contributed by atoms with Crippen LogP contribution in [-0.2, 0) is 0 Å². The fourth-order valence-corrected chi connectivity index (χ4v) is 2.58. The molecule has 15 heavy (non-hydrogen) atoms. The van der Waals surface area contributed by atoms with Crippen LogP contribution in [0.5, 0.6) is 0 Å². The fraction of sp³-hybridized carbons (Fsp3) is 0.917. The summed E-state index contributed by atoms with van der Waals surface area (Å²) in [5.41, 5.74) is 5.51. The molecule has 1 aliphatic heterocycles. The van der Waals surface area contributed by atoms with Crippen molar-refractivity contribution < 1.29 is 0 Å². The number of hydrogen-bond acceptors (Lipinski definition) is 2. The van der Waals surface area contributed by atoms with Crippen molar-refractivity contribution in [2.75, 3.05) is 6.54 Å². The van der Waals surface area contributed by atoms with Crippen molar-refractivity contribution in [1.29, 1.82) is 5.41 Å². The van der Waals surface area contributed by atoms with Crippen molar-refractivity contribution in [3.63, 3.8) is 0 Å². The number of rotatable bonds is 4. The molecule has 0 aromatic rings. The van der Waals surface area contributed by atoms with Gasteiger partial charge >= 0.3 is 0 Å². The monoisotopic (exact) mass is 211 g/mol. The summed E-state index contributed by atoms with van der Waals surface area (Å²) >= 11 is 0. The fourth-order valence-electron chi connectivity index (χ4n) is 2.58. The van der Waals surface area contributed by atoms with E-state index in [4.69, 9.17) is 11.1 Å². The van der Waals surface area contributed by atoms with Gasteiger partial charge in [-0.2, -0.15) is 0 Å². The van der Waals surface area contributed by atoms with Crippen molar-refractivity contribution in [3.05, 3.63) is 0 Å². The summed E-state index contributed by atoms with van der Waals surface area (Å²) < 4.78 is 0. The standard InChI is InChI=1S/C12H25N3/c1-4-11(7-12(13)14)15-8-9(2)5-6-10(15)3/h9-11H,4-8H2,1-3H3,(H3,13,14). The van der Waals surface area contributed by atoms with Gasteiger partial charge < -0.3 is 5.73 Å². The zero-order valence-electron chi connectivity index (χ0n) is 10.3. The van der Waals surface area contributed by atoms with Crippen LogP contribution >= 0.6 is 0 Å². The van der Waals surface area contributed by atoms with Gasteiger partial charge in [0.25, 0.3) is 0 Å². The van der Waals surface area contributed by atoms with Gasteiger partial charge in [-0.25, -0.2) is 0 Å². The number of nitrogens with zero attached hydrogens (tertiary/aromatic N) is 1. The lowest BCUT2D eigenvalue weighted by Gasteiger charge is -2.41. The quantitative estimate of drug-likeness (QED) is 0.553. The molecule has 3 unspecified atom stereocenters. The Morgan fingerprint density at radius 2 is 2.13 bits per heavy atom. The Bertz CT molecular complexity index is 215. The number of piperidine rings is 1. The van der Waals surface area contributed by atoms with Crippen LogP contribution in [0.1, 0.15) is 46.5 Å². The predicted molar refractivity (Wildman–Crippen MR) is 65.2 cm³/mol. The average molecular weight is 211 g/mol. The van der Waals surface area contributed by atoms with E-state index in [0.717, 1.165) is 18.8 Å². The first-order valence-electron chi connectivity index (χ1n) is 6.13. The van der Waals surface area contributed by atoms with E-state index >= 15 is 0 Å². The number of likely N-dealkylation sites (tertiary alicyclic amines) is 1. The maximum Gasteiger partial charge on any atom is 0.0921 e. The maximum atomic E-state index is 7.41. The molecule has 0 spiro atoms. The van der Waals surface area contributed by atoms with E-state index in [2.05, 4.69) is 25.7 Å². The maximum absolute atomic E-state index is 7.41. The zero-order chi connectivity index (χ0) is 11.4. The molecule has 1 saturated heterocycles. The minimum atomic E-state index is 0.326. The smallest absolute Gasteiger partial charge is 0.0921 e. The van der Waals surface area contributed by atoms with E-state index < -0.39 is 0 Å². The van der Waals surface area contributed by atoms with Gasteiger partial charge in [-0.3, -0.25) is 10.3 Å². The van der Waals surface area contributed by atoms with Crippen LogP contribution in [0.25, 0.3) is 0 Å². The Balaban J connectivity index is 2.59. The van der Waals surface area contributed by atoms with Crippen molar-refractivity contribution in [1.82, 2.24) is 4.90 Å². The molecule has 3 nitrogen and oxygen atoms in total. The topological polar surface area (TPSA) is 53.1 Å². The first-order chi connectivity index (χ1) is 7.04. The molecule has 1 aliphatic rings. The highest BCUT2D eigenvalue weighted by Crippen LogP contribution is 2.25. The summed E-state index contributed by atoms with van der Waals surface area (Å²) in [6.07, 6.45) is 4.45. The number of nitrogens with one attached hydrogen (secondary N) is 1. The van der Waals surface area contributed by atoms with Gasteiger partial charge in [-0.15, -0.1) is 0 Å². The van der Waals surface area contributed by atoms with Gasteiger partial charge in [-0.1, -0.05) is 13.8 Å². The molecule has 3 N–H and O–H groups in total. The summed E-state index contributed by atoms with van der Waals surface area (Å²) in [6, 6.07) is 1.13.